The monoisotopic (exact) mass is 450 g/mol. The number of piperazine rings is 1. The number of rotatable bonds is 5. The minimum atomic E-state index is -0.182. The summed E-state index contributed by atoms with van der Waals surface area (Å²) in [7, 11) is 0. The summed E-state index contributed by atoms with van der Waals surface area (Å²) in [5.74, 6) is 0.552. The number of nitrogens with zero attached hydrogens (tertiary/aromatic N) is 3. The molecule has 2 fully saturated rings. The molecule has 1 amide bonds. The Balaban J connectivity index is 1.56. The molecule has 1 atom stereocenters. The highest BCUT2D eigenvalue weighted by Gasteiger charge is 2.36. The second-order valence-electron chi connectivity index (χ2n) is 8.82. The number of aromatic nitrogens is 2. The number of amides is 1. The van der Waals surface area contributed by atoms with Crippen molar-refractivity contribution in [3.05, 3.63) is 46.8 Å². The van der Waals surface area contributed by atoms with E-state index in [0.717, 1.165) is 49.8 Å². The van der Waals surface area contributed by atoms with Crippen molar-refractivity contribution >= 4 is 39.3 Å². The quantitative estimate of drug-likeness (QED) is 0.365. The van der Waals surface area contributed by atoms with Crippen LogP contribution in [-0.4, -0.2) is 51.8 Å². The highest BCUT2D eigenvalue weighted by Crippen LogP contribution is 2.38. The molecule has 168 valence electrons. The zero-order chi connectivity index (χ0) is 22.1. The van der Waals surface area contributed by atoms with Crippen LogP contribution >= 0.6 is 11.8 Å². The normalized spacial score (nSPS) is 18.5. The van der Waals surface area contributed by atoms with Gasteiger partial charge in [0.2, 0.25) is 5.91 Å². The van der Waals surface area contributed by atoms with E-state index in [1.165, 1.54) is 24.6 Å². The minimum absolute atomic E-state index is 0.0226. The number of thioether (sulfide) groups is 1. The van der Waals surface area contributed by atoms with Gasteiger partial charge in [-0.15, -0.1) is 0 Å². The fourth-order valence-electron chi connectivity index (χ4n) is 5.04. The third-order valence-electron chi connectivity index (χ3n) is 6.84. The van der Waals surface area contributed by atoms with Crippen LogP contribution in [0.4, 0.5) is 0 Å². The molecule has 1 aromatic heterocycles. The lowest BCUT2D eigenvalue weighted by atomic mass is 10.0. The zero-order valence-electron chi connectivity index (χ0n) is 18.5. The molecule has 1 saturated heterocycles. The molecule has 0 bridgehead atoms. The molecule has 6 nitrogen and oxygen atoms in total. The van der Waals surface area contributed by atoms with Crippen molar-refractivity contribution in [3.63, 3.8) is 0 Å². The van der Waals surface area contributed by atoms with Crippen LogP contribution in [0.15, 0.2) is 46.3 Å². The van der Waals surface area contributed by atoms with E-state index in [9.17, 15) is 9.59 Å². The molecular formula is C25H30N4O2S. The highest BCUT2D eigenvalue weighted by atomic mass is 32.2. The van der Waals surface area contributed by atoms with E-state index in [0.29, 0.717) is 28.5 Å². The maximum Gasteiger partial charge on any atom is 0.262 e. The summed E-state index contributed by atoms with van der Waals surface area (Å²) in [5.41, 5.74) is 0.686. The average Bonchev–Trinajstić information content (AvgIpc) is 3.36. The van der Waals surface area contributed by atoms with Gasteiger partial charge in [0.1, 0.15) is 0 Å². The Kier molecular flexibility index (Phi) is 6.20. The van der Waals surface area contributed by atoms with E-state index in [4.69, 9.17) is 4.98 Å². The first-order valence-electron chi connectivity index (χ1n) is 11.7. The van der Waals surface area contributed by atoms with Crippen LogP contribution in [-0.2, 0) is 11.3 Å². The molecule has 1 saturated carbocycles. The van der Waals surface area contributed by atoms with Crippen molar-refractivity contribution in [1.82, 2.24) is 19.8 Å². The van der Waals surface area contributed by atoms with Gasteiger partial charge in [-0.05, 0) is 48.6 Å². The lowest BCUT2D eigenvalue weighted by molar-refractivity contribution is -0.132. The summed E-state index contributed by atoms with van der Waals surface area (Å²) in [6.07, 6.45) is 4.50. The second kappa shape index (κ2) is 9.24. The van der Waals surface area contributed by atoms with Crippen LogP contribution in [0.3, 0.4) is 0 Å². The van der Waals surface area contributed by atoms with Crippen LogP contribution in [0.5, 0.6) is 0 Å². The predicted octanol–water partition coefficient (Wildman–Crippen LogP) is 3.65. The fraction of sp³-hybridized carbons (Fsp3) is 0.480. The van der Waals surface area contributed by atoms with E-state index in [-0.39, 0.29) is 16.7 Å². The Morgan fingerprint density at radius 3 is 2.53 bits per heavy atom. The lowest BCUT2D eigenvalue weighted by Gasteiger charge is -2.33. The molecule has 5 rings (SSSR count). The van der Waals surface area contributed by atoms with Gasteiger partial charge in [0.05, 0.1) is 16.2 Å². The molecule has 2 heterocycles. The standard InChI is InChI=1S/C25H30N4O2S/c1-2-29-23(30)20-15-18-9-5-6-10-19(18)16-21(20)27-25(29)32-22(17-7-3-4-8-17)24(31)28-13-11-26-12-14-28/h5-6,9-10,15-17,22,26H,2-4,7-8,11-14H2,1H3. The molecule has 2 aliphatic rings. The van der Waals surface area contributed by atoms with Crippen LogP contribution in [0.2, 0.25) is 0 Å². The van der Waals surface area contributed by atoms with Crippen LogP contribution < -0.4 is 10.9 Å². The molecule has 32 heavy (non-hydrogen) atoms. The number of nitrogens with one attached hydrogen (secondary N) is 1. The highest BCUT2D eigenvalue weighted by molar-refractivity contribution is 8.00. The average molecular weight is 451 g/mol. The molecule has 0 spiro atoms. The number of hydrogen-bond donors (Lipinski definition) is 1. The van der Waals surface area contributed by atoms with Crippen molar-refractivity contribution in [2.24, 2.45) is 5.92 Å². The summed E-state index contributed by atoms with van der Waals surface area (Å²) in [5, 5.41) is 6.57. The Bertz CT molecular complexity index is 1200. The predicted molar refractivity (Wildman–Crippen MR) is 130 cm³/mol. The first-order valence-corrected chi connectivity index (χ1v) is 12.6. The van der Waals surface area contributed by atoms with Gasteiger partial charge in [0.25, 0.3) is 5.56 Å². The Morgan fingerprint density at radius 1 is 1.16 bits per heavy atom. The summed E-state index contributed by atoms with van der Waals surface area (Å²) in [6, 6.07) is 12.0. The van der Waals surface area contributed by atoms with Crippen molar-refractivity contribution in [2.75, 3.05) is 26.2 Å². The molecule has 1 aliphatic carbocycles. The molecule has 3 aromatic rings. The van der Waals surface area contributed by atoms with Crippen LogP contribution in [0.25, 0.3) is 21.7 Å². The third kappa shape index (κ3) is 4.04. The van der Waals surface area contributed by atoms with Gasteiger partial charge < -0.3 is 10.2 Å². The largest absolute Gasteiger partial charge is 0.339 e. The van der Waals surface area contributed by atoms with Crippen molar-refractivity contribution < 1.29 is 4.79 Å². The van der Waals surface area contributed by atoms with Crippen LogP contribution in [0, 0.1) is 5.92 Å². The van der Waals surface area contributed by atoms with Gasteiger partial charge in [0.15, 0.2) is 5.16 Å². The molecule has 1 aliphatic heterocycles. The van der Waals surface area contributed by atoms with Crippen molar-refractivity contribution in [3.8, 4) is 0 Å². The molecular weight excluding hydrogens is 420 g/mol. The molecule has 1 unspecified atom stereocenters. The molecule has 7 heteroatoms. The summed E-state index contributed by atoms with van der Waals surface area (Å²) in [4.78, 5) is 33.9. The Hall–Kier alpha value is -2.38. The van der Waals surface area contributed by atoms with Gasteiger partial charge in [-0.25, -0.2) is 4.98 Å². The number of fused-ring (bicyclic) bond motifs is 2. The first-order chi connectivity index (χ1) is 15.7. The Morgan fingerprint density at radius 2 is 1.84 bits per heavy atom. The third-order valence-corrected chi connectivity index (χ3v) is 8.20. The van der Waals surface area contributed by atoms with Gasteiger partial charge in [-0.1, -0.05) is 48.9 Å². The first kappa shape index (κ1) is 21.5. The van der Waals surface area contributed by atoms with E-state index in [1.807, 2.05) is 48.2 Å². The van der Waals surface area contributed by atoms with E-state index in [1.54, 1.807) is 4.57 Å². The lowest BCUT2D eigenvalue weighted by Crippen LogP contribution is -2.50. The van der Waals surface area contributed by atoms with Crippen molar-refractivity contribution in [1.29, 1.82) is 0 Å². The summed E-state index contributed by atoms with van der Waals surface area (Å²) < 4.78 is 1.74. The molecule has 1 N–H and O–H groups in total. The fourth-order valence-corrected chi connectivity index (χ4v) is 6.48. The van der Waals surface area contributed by atoms with E-state index < -0.39 is 0 Å². The zero-order valence-corrected chi connectivity index (χ0v) is 19.4. The number of hydrogen-bond acceptors (Lipinski definition) is 5. The van der Waals surface area contributed by atoms with E-state index in [2.05, 4.69) is 5.32 Å². The SMILES string of the molecule is CCn1c(SC(C(=O)N2CCNCC2)C2CCCC2)nc2cc3ccccc3cc2c1=O. The summed E-state index contributed by atoms with van der Waals surface area (Å²) >= 11 is 1.51. The van der Waals surface area contributed by atoms with E-state index >= 15 is 0 Å². The smallest absolute Gasteiger partial charge is 0.262 e. The van der Waals surface area contributed by atoms with Gasteiger partial charge in [-0.3, -0.25) is 14.2 Å². The van der Waals surface area contributed by atoms with Gasteiger partial charge in [-0.2, -0.15) is 0 Å². The number of carbonyl (C=O) groups excluding carboxylic acids is 1. The minimum Gasteiger partial charge on any atom is -0.339 e. The summed E-state index contributed by atoms with van der Waals surface area (Å²) in [6.45, 7) is 5.70. The Labute approximate surface area is 192 Å². The maximum absolute atomic E-state index is 13.6. The second-order valence-corrected chi connectivity index (χ2v) is 9.93. The number of benzene rings is 2. The van der Waals surface area contributed by atoms with Gasteiger partial charge in [0, 0.05) is 32.7 Å². The van der Waals surface area contributed by atoms with Gasteiger partial charge >= 0.3 is 0 Å². The maximum atomic E-state index is 13.6. The topological polar surface area (TPSA) is 67.2 Å². The van der Waals surface area contributed by atoms with Crippen molar-refractivity contribution in [2.45, 2.75) is 49.6 Å². The number of carbonyl (C=O) groups is 1. The van der Waals surface area contributed by atoms with Crippen LogP contribution in [0.1, 0.15) is 32.6 Å². The molecule has 0 radical (unpaired) electrons. The molecule has 2 aromatic carbocycles.